The third-order valence-corrected chi connectivity index (χ3v) is 8.21. The molecule has 0 spiro atoms. The first kappa shape index (κ1) is 25.8. The first-order valence-electron chi connectivity index (χ1n) is 13.7. The van der Waals surface area contributed by atoms with Crippen LogP contribution in [0.25, 0.3) is 11.3 Å². The second-order valence-corrected chi connectivity index (χ2v) is 11.0. The molecule has 6 rings (SSSR count). The van der Waals surface area contributed by atoms with Gasteiger partial charge in [-0.15, -0.1) is 0 Å². The van der Waals surface area contributed by atoms with Crippen molar-refractivity contribution in [3.8, 4) is 11.3 Å². The summed E-state index contributed by atoms with van der Waals surface area (Å²) in [5, 5.41) is 3.79. The molecule has 0 saturated carbocycles. The predicted octanol–water partition coefficient (Wildman–Crippen LogP) is 4.75. The molecule has 2 saturated heterocycles. The third kappa shape index (κ3) is 5.63. The fraction of sp³-hybridized carbons (Fsp3) is 0.400. The van der Waals surface area contributed by atoms with E-state index in [2.05, 4.69) is 27.4 Å². The van der Waals surface area contributed by atoms with Gasteiger partial charge in [0.05, 0.1) is 16.9 Å². The zero-order valence-electron chi connectivity index (χ0n) is 21.8. The first-order chi connectivity index (χ1) is 19.0. The van der Waals surface area contributed by atoms with Gasteiger partial charge in [0, 0.05) is 55.9 Å². The Labute approximate surface area is 233 Å². The maximum absolute atomic E-state index is 13.4. The lowest BCUT2D eigenvalue weighted by Gasteiger charge is -2.34. The topological polar surface area (TPSA) is 87.7 Å². The van der Waals surface area contributed by atoms with Crippen LogP contribution in [-0.4, -0.2) is 70.5 Å². The molecule has 1 atom stereocenters. The van der Waals surface area contributed by atoms with Gasteiger partial charge in [0.15, 0.2) is 0 Å². The van der Waals surface area contributed by atoms with E-state index in [1.54, 1.807) is 11.1 Å². The molecule has 1 aromatic heterocycles. The van der Waals surface area contributed by atoms with Crippen molar-refractivity contribution in [3.05, 3.63) is 76.4 Å². The molecular weight excluding hydrogens is 514 g/mol. The van der Waals surface area contributed by atoms with Crippen LogP contribution in [0.1, 0.15) is 53.1 Å². The van der Waals surface area contributed by atoms with Crippen molar-refractivity contribution in [2.45, 2.75) is 44.2 Å². The summed E-state index contributed by atoms with van der Waals surface area (Å²) in [5.74, 6) is 0.708. The fourth-order valence-corrected chi connectivity index (χ4v) is 5.96. The highest BCUT2D eigenvalue weighted by Crippen LogP contribution is 2.32. The maximum Gasteiger partial charge on any atom is 0.254 e. The molecule has 8 nitrogen and oxygen atoms in total. The van der Waals surface area contributed by atoms with E-state index in [-0.39, 0.29) is 24.4 Å². The Kier molecular flexibility index (Phi) is 7.48. The fourth-order valence-electron chi connectivity index (χ4n) is 5.76. The van der Waals surface area contributed by atoms with Gasteiger partial charge in [0.2, 0.25) is 11.9 Å². The molecule has 9 heteroatoms. The molecule has 0 unspecified atom stereocenters. The summed E-state index contributed by atoms with van der Waals surface area (Å²) in [5.41, 5.74) is 4.09. The second-order valence-electron chi connectivity index (χ2n) is 10.5. The Hall–Kier alpha value is -3.49. The average molecular weight is 546 g/mol. The van der Waals surface area contributed by atoms with Crippen LogP contribution >= 0.6 is 11.6 Å². The number of piperidine rings is 1. The van der Waals surface area contributed by atoms with Crippen molar-refractivity contribution >= 4 is 29.4 Å². The molecule has 0 bridgehead atoms. The van der Waals surface area contributed by atoms with Gasteiger partial charge in [-0.05, 0) is 42.9 Å². The second kappa shape index (κ2) is 11.3. The molecule has 0 aliphatic carbocycles. The van der Waals surface area contributed by atoms with Crippen LogP contribution in [0.15, 0.2) is 54.7 Å². The number of nitrogens with zero attached hydrogens (tertiary/aromatic N) is 4. The van der Waals surface area contributed by atoms with Crippen LogP contribution in [0, 0.1) is 0 Å². The van der Waals surface area contributed by atoms with Crippen molar-refractivity contribution in [2.24, 2.45) is 0 Å². The molecule has 1 N–H and O–H groups in total. The molecule has 3 aliphatic heterocycles. The number of nitrogens with one attached hydrogen (secondary N) is 1. The van der Waals surface area contributed by atoms with E-state index >= 15 is 0 Å². The minimum absolute atomic E-state index is 0.000292. The summed E-state index contributed by atoms with van der Waals surface area (Å²) in [6.45, 7) is 3.36. The largest absolute Gasteiger partial charge is 0.381 e. The highest BCUT2D eigenvalue weighted by molar-refractivity contribution is 6.33. The molecule has 3 aliphatic rings. The number of hydrogen-bond donors (Lipinski definition) is 1. The number of fused-ring (bicyclic) bond motifs is 1. The number of likely N-dealkylation sites (tertiary alicyclic amines) is 1. The van der Waals surface area contributed by atoms with E-state index in [1.807, 2.05) is 41.3 Å². The van der Waals surface area contributed by atoms with E-state index in [0.29, 0.717) is 41.2 Å². The average Bonchev–Trinajstić information content (AvgIpc) is 3.29. The first-order valence-corrected chi connectivity index (χ1v) is 14.0. The number of amides is 2. The van der Waals surface area contributed by atoms with E-state index < -0.39 is 0 Å². The van der Waals surface area contributed by atoms with Gasteiger partial charge < -0.3 is 19.9 Å². The zero-order chi connectivity index (χ0) is 26.8. The molecule has 4 heterocycles. The Morgan fingerprint density at radius 1 is 1.10 bits per heavy atom. The Balaban J connectivity index is 1.14. The monoisotopic (exact) mass is 545 g/mol. The van der Waals surface area contributed by atoms with Crippen molar-refractivity contribution in [1.82, 2.24) is 19.8 Å². The van der Waals surface area contributed by atoms with Gasteiger partial charge in [-0.1, -0.05) is 54.1 Å². The number of aromatic nitrogens is 2. The maximum atomic E-state index is 13.4. The summed E-state index contributed by atoms with van der Waals surface area (Å²) in [6.07, 6.45) is 5.42. The summed E-state index contributed by atoms with van der Waals surface area (Å²) in [6, 6.07) is 16.3. The molecule has 39 heavy (non-hydrogen) atoms. The number of halogens is 1. The SMILES string of the molecule is O=C(CN1Cc2ccc(-c3nc(NC4CCOCC4)ncc3Cl)cc2C1=O)N1CCC[C@H](c2ccccc2)C1. The molecular formula is C30H32ClN5O3. The Bertz CT molecular complexity index is 1360. The quantitative estimate of drug-likeness (QED) is 0.481. The lowest BCUT2D eigenvalue weighted by molar-refractivity contribution is -0.133. The van der Waals surface area contributed by atoms with Gasteiger partial charge >= 0.3 is 0 Å². The van der Waals surface area contributed by atoms with E-state index in [1.165, 1.54) is 5.56 Å². The van der Waals surface area contributed by atoms with Gasteiger partial charge in [0.25, 0.3) is 5.91 Å². The lowest BCUT2D eigenvalue weighted by Crippen LogP contribution is -2.44. The molecule has 202 valence electrons. The standard InChI is InChI=1S/C30H32ClN5O3/c31-26-16-32-30(33-24-10-13-39-14-11-24)34-28(26)21-8-9-23-18-36(29(38)25(23)15-21)19-27(37)35-12-4-7-22(17-35)20-5-2-1-3-6-20/h1-3,5-6,8-9,15-16,22,24H,4,7,10-14,17-19H2,(H,32,33,34)/t22-/m0/s1. The van der Waals surface area contributed by atoms with E-state index in [4.69, 9.17) is 16.3 Å². The van der Waals surface area contributed by atoms with Crippen molar-refractivity contribution in [1.29, 1.82) is 0 Å². The minimum atomic E-state index is -0.137. The van der Waals surface area contributed by atoms with Crippen LogP contribution in [0.5, 0.6) is 0 Å². The summed E-state index contributed by atoms with van der Waals surface area (Å²) in [4.78, 5) is 39.2. The summed E-state index contributed by atoms with van der Waals surface area (Å²) < 4.78 is 5.43. The molecule has 3 aromatic rings. The van der Waals surface area contributed by atoms with Crippen molar-refractivity contribution < 1.29 is 14.3 Å². The number of hydrogen-bond acceptors (Lipinski definition) is 6. The Morgan fingerprint density at radius 2 is 1.92 bits per heavy atom. The van der Waals surface area contributed by atoms with Crippen LogP contribution in [0.4, 0.5) is 5.95 Å². The lowest BCUT2D eigenvalue weighted by atomic mass is 9.90. The van der Waals surface area contributed by atoms with Crippen molar-refractivity contribution in [3.63, 3.8) is 0 Å². The van der Waals surface area contributed by atoms with E-state index in [0.717, 1.165) is 56.6 Å². The molecule has 2 fully saturated rings. The van der Waals surface area contributed by atoms with E-state index in [9.17, 15) is 9.59 Å². The normalized spacial score (nSPS) is 19.7. The van der Waals surface area contributed by atoms with Gasteiger partial charge in [-0.2, -0.15) is 0 Å². The van der Waals surface area contributed by atoms with Gasteiger partial charge in [-0.3, -0.25) is 9.59 Å². The summed E-state index contributed by atoms with van der Waals surface area (Å²) in [7, 11) is 0. The van der Waals surface area contributed by atoms with Crippen LogP contribution < -0.4 is 5.32 Å². The number of carbonyl (C=O) groups excluding carboxylic acids is 2. The highest BCUT2D eigenvalue weighted by Gasteiger charge is 2.32. The number of ether oxygens (including phenoxy) is 1. The van der Waals surface area contributed by atoms with Gasteiger partial charge in [-0.25, -0.2) is 9.97 Å². The van der Waals surface area contributed by atoms with Crippen molar-refractivity contribution in [2.75, 3.05) is 38.2 Å². The smallest absolute Gasteiger partial charge is 0.254 e. The minimum Gasteiger partial charge on any atom is -0.381 e. The molecule has 2 aromatic carbocycles. The zero-order valence-corrected chi connectivity index (χ0v) is 22.6. The molecule has 0 radical (unpaired) electrons. The number of anilines is 1. The molecule has 2 amide bonds. The number of carbonyl (C=O) groups is 2. The number of rotatable bonds is 6. The summed E-state index contributed by atoms with van der Waals surface area (Å²) >= 11 is 6.48. The highest BCUT2D eigenvalue weighted by atomic mass is 35.5. The van der Waals surface area contributed by atoms with Crippen LogP contribution in [0.2, 0.25) is 5.02 Å². The third-order valence-electron chi connectivity index (χ3n) is 7.93. The Morgan fingerprint density at radius 3 is 2.74 bits per heavy atom. The predicted molar refractivity (Wildman–Crippen MR) is 150 cm³/mol. The van der Waals surface area contributed by atoms with Gasteiger partial charge in [0.1, 0.15) is 6.54 Å². The number of benzene rings is 2. The van der Waals surface area contributed by atoms with Crippen LogP contribution in [0.3, 0.4) is 0 Å². The van der Waals surface area contributed by atoms with Crippen LogP contribution in [-0.2, 0) is 16.1 Å².